The molecule has 12 heteroatoms. The van der Waals surface area contributed by atoms with E-state index in [0.29, 0.717) is 31.0 Å². The minimum atomic E-state index is -1.39. The largest absolute Gasteiger partial charge is 0.497 e. The van der Waals surface area contributed by atoms with Gasteiger partial charge in [-0.15, -0.1) is 0 Å². The van der Waals surface area contributed by atoms with Crippen LogP contribution in [0.1, 0.15) is 44.1 Å². The summed E-state index contributed by atoms with van der Waals surface area (Å²) in [4.78, 5) is 52.9. The Hall–Kier alpha value is -5.13. The van der Waals surface area contributed by atoms with Gasteiger partial charge in [0.15, 0.2) is 0 Å². The van der Waals surface area contributed by atoms with Crippen LogP contribution in [0.3, 0.4) is 0 Å². The Labute approximate surface area is 279 Å². The predicted octanol–water partition coefficient (Wildman–Crippen LogP) is 4.69. The minimum Gasteiger partial charge on any atom is -0.497 e. The number of carboxylic acid groups (broad SMARTS) is 1. The number of aliphatic carboxylic acids is 1. The molecule has 2 N–H and O–H groups in total. The maximum atomic E-state index is 14.4. The van der Waals surface area contributed by atoms with Crippen molar-refractivity contribution in [3.63, 3.8) is 0 Å². The van der Waals surface area contributed by atoms with E-state index < -0.39 is 29.6 Å². The SMILES string of the molecule is COc1ccc(CN2CCCCC/C=C/C3CC3(C(=O)O)NC(=O)C3CC(Oc4cc(-c5ccccc5)nc(OC)n4)CN3C2=O)cc1. The van der Waals surface area contributed by atoms with Gasteiger partial charge in [-0.25, -0.2) is 9.59 Å². The van der Waals surface area contributed by atoms with Gasteiger partial charge in [0.1, 0.15) is 23.4 Å². The zero-order valence-electron chi connectivity index (χ0n) is 27.2. The maximum Gasteiger partial charge on any atom is 0.330 e. The highest BCUT2D eigenvalue weighted by atomic mass is 16.5. The van der Waals surface area contributed by atoms with E-state index in [1.165, 1.54) is 12.0 Å². The molecule has 2 fully saturated rings. The predicted molar refractivity (Wildman–Crippen MR) is 177 cm³/mol. The van der Waals surface area contributed by atoms with Crippen LogP contribution in [0.4, 0.5) is 4.79 Å². The highest BCUT2D eigenvalue weighted by molar-refractivity contribution is 5.94. The third-order valence-electron chi connectivity index (χ3n) is 9.25. The Bertz CT molecular complexity index is 1650. The number of urea groups is 1. The second-order valence-corrected chi connectivity index (χ2v) is 12.5. The second kappa shape index (κ2) is 14.3. The van der Waals surface area contributed by atoms with E-state index >= 15 is 0 Å². The summed E-state index contributed by atoms with van der Waals surface area (Å²) in [7, 11) is 3.08. The van der Waals surface area contributed by atoms with Crippen molar-refractivity contribution < 1.29 is 33.7 Å². The number of hydrogen-bond acceptors (Lipinski definition) is 8. The van der Waals surface area contributed by atoms with E-state index in [9.17, 15) is 19.5 Å². The van der Waals surface area contributed by atoms with Crippen molar-refractivity contribution in [3.05, 3.63) is 78.4 Å². The molecule has 3 aromatic rings. The molecule has 0 spiro atoms. The fourth-order valence-electron chi connectivity index (χ4n) is 6.47. The van der Waals surface area contributed by atoms with Gasteiger partial charge >= 0.3 is 18.0 Å². The zero-order chi connectivity index (χ0) is 33.7. The van der Waals surface area contributed by atoms with Gasteiger partial charge in [0.2, 0.25) is 11.8 Å². The highest BCUT2D eigenvalue weighted by Gasteiger charge is 2.61. The standard InChI is InChI=1S/C36H41N5O7/c1-46-27-16-14-24(15-17-27)22-40-18-10-5-3-4-9-13-26-21-36(26,33(43)44)39-32(42)30-19-28(23-41(30)35(40)45)48-31-20-29(37-34(38-31)47-2)25-11-7-6-8-12-25/h6-9,11-17,20,26,28,30H,3-5,10,18-19,21-23H2,1-2H3,(H,39,42)(H,43,44)/b13-9+. The second-order valence-electron chi connectivity index (χ2n) is 12.5. The fourth-order valence-corrected chi connectivity index (χ4v) is 6.47. The lowest BCUT2D eigenvalue weighted by atomic mass is 10.1. The number of carboxylic acids is 1. The molecule has 2 aromatic carbocycles. The zero-order valence-corrected chi connectivity index (χ0v) is 27.2. The van der Waals surface area contributed by atoms with Crippen LogP contribution in [0.15, 0.2) is 72.8 Å². The Morgan fingerprint density at radius 2 is 1.81 bits per heavy atom. The molecule has 3 aliphatic rings. The van der Waals surface area contributed by atoms with E-state index in [-0.39, 0.29) is 36.8 Å². The van der Waals surface area contributed by atoms with Crippen molar-refractivity contribution in [2.45, 2.75) is 62.8 Å². The third kappa shape index (κ3) is 7.22. The van der Waals surface area contributed by atoms with Crippen LogP contribution in [0.25, 0.3) is 11.3 Å². The first-order valence-electron chi connectivity index (χ1n) is 16.4. The number of hydrogen-bond donors (Lipinski definition) is 2. The van der Waals surface area contributed by atoms with Gasteiger partial charge in [0.25, 0.3) is 0 Å². The van der Waals surface area contributed by atoms with Crippen molar-refractivity contribution in [3.8, 4) is 28.9 Å². The monoisotopic (exact) mass is 655 g/mol. The first-order chi connectivity index (χ1) is 23.3. The molecule has 1 saturated heterocycles. The first-order valence-corrected chi connectivity index (χ1v) is 16.4. The number of nitrogens with zero attached hydrogens (tertiary/aromatic N) is 4. The summed E-state index contributed by atoms with van der Waals surface area (Å²) in [6.07, 6.45) is 7.16. The molecule has 12 nitrogen and oxygen atoms in total. The molecule has 6 rings (SSSR count). The summed E-state index contributed by atoms with van der Waals surface area (Å²) >= 11 is 0. The normalized spacial score (nSPS) is 25.1. The van der Waals surface area contributed by atoms with E-state index in [0.717, 1.165) is 36.8 Å². The number of amides is 3. The van der Waals surface area contributed by atoms with Crippen molar-refractivity contribution in [2.24, 2.45) is 5.92 Å². The topological polar surface area (TPSA) is 143 Å². The van der Waals surface area contributed by atoms with Gasteiger partial charge in [-0.1, -0.05) is 61.0 Å². The summed E-state index contributed by atoms with van der Waals surface area (Å²) in [5, 5.41) is 13.0. The van der Waals surface area contributed by atoms with Crippen LogP contribution >= 0.6 is 0 Å². The summed E-state index contributed by atoms with van der Waals surface area (Å²) in [6.45, 7) is 0.937. The number of fused-ring (bicyclic) bond motifs is 2. The molecule has 1 saturated carbocycles. The molecule has 4 unspecified atom stereocenters. The molecule has 3 heterocycles. The van der Waals surface area contributed by atoms with Crippen LogP contribution in [0.2, 0.25) is 0 Å². The lowest BCUT2D eigenvalue weighted by Crippen LogP contribution is -2.55. The van der Waals surface area contributed by atoms with Crippen molar-refractivity contribution in [2.75, 3.05) is 27.3 Å². The summed E-state index contributed by atoms with van der Waals surface area (Å²) in [5.74, 6) is -0.948. The number of ether oxygens (including phenoxy) is 3. The average Bonchev–Trinajstić information content (AvgIpc) is 3.64. The van der Waals surface area contributed by atoms with Gasteiger partial charge in [0.05, 0.1) is 26.5 Å². The molecular weight excluding hydrogens is 614 g/mol. The molecule has 0 radical (unpaired) electrons. The lowest BCUT2D eigenvalue weighted by Gasteiger charge is -2.32. The summed E-state index contributed by atoms with van der Waals surface area (Å²) in [5.41, 5.74) is 0.971. The van der Waals surface area contributed by atoms with Crippen LogP contribution in [0, 0.1) is 5.92 Å². The molecule has 48 heavy (non-hydrogen) atoms. The number of rotatable bonds is 8. The van der Waals surface area contributed by atoms with Gasteiger partial charge in [-0.3, -0.25) is 4.79 Å². The Balaban J connectivity index is 1.30. The van der Waals surface area contributed by atoms with Crippen molar-refractivity contribution in [1.82, 2.24) is 25.1 Å². The number of allylic oxidation sites excluding steroid dienone is 1. The van der Waals surface area contributed by atoms with Gasteiger partial charge < -0.3 is 34.4 Å². The van der Waals surface area contributed by atoms with Crippen LogP contribution < -0.4 is 19.5 Å². The Morgan fingerprint density at radius 3 is 2.54 bits per heavy atom. The van der Waals surface area contributed by atoms with E-state index in [1.54, 1.807) is 18.1 Å². The van der Waals surface area contributed by atoms with Crippen LogP contribution in [-0.2, 0) is 16.1 Å². The number of aromatic nitrogens is 2. The third-order valence-corrected chi connectivity index (χ3v) is 9.25. The summed E-state index contributed by atoms with van der Waals surface area (Å²) in [6, 6.07) is 17.6. The number of methoxy groups -OCH3 is 2. The van der Waals surface area contributed by atoms with E-state index in [1.807, 2.05) is 66.7 Å². The van der Waals surface area contributed by atoms with Crippen molar-refractivity contribution >= 4 is 17.9 Å². The maximum absolute atomic E-state index is 14.4. The molecule has 0 bridgehead atoms. The molecule has 252 valence electrons. The Kier molecular flexibility index (Phi) is 9.79. The fraction of sp³-hybridized carbons (Fsp3) is 0.417. The quantitative estimate of drug-likeness (QED) is 0.330. The molecule has 1 aromatic heterocycles. The number of carbonyl (C=O) groups is 3. The Morgan fingerprint density at radius 1 is 1.02 bits per heavy atom. The van der Waals surface area contributed by atoms with Crippen LogP contribution in [-0.4, -0.2) is 87.8 Å². The highest BCUT2D eigenvalue weighted by Crippen LogP contribution is 2.45. The van der Waals surface area contributed by atoms with E-state index in [4.69, 9.17) is 14.2 Å². The van der Waals surface area contributed by atoms with E-state index in [2.05, 4.69) is 15.3 Å². The van der Waals surface area contributed by atoms with Crippen LogP contribution in [0.5, 0.6) is 17.6 Å². The molecular formula is C36H41N5O7. The molecule has 2 aliphatic heterocycles. The van der Waals surface area contributed by atoms with Gasteiger partial charge in [0, 0.05) is 37.1 Å². The number of carbonyl (C=O) groups excluding carboxylic acids is 2. The van der Waals surface area contributed by atoms with Crippen molar-refractivity contribution in [1.29, 1.82) is 0 Å². The number of benzene rings is 2. The minimum absolute atomic E-state index is 0.104. The number of nitrogens with one attached hydrogen (secondary N) is 1. The first kappa shape index (κ1) is 32.8. The average molecular weight is 656 g/mol. The molecule has 1 aliphatic carbocycles. The van der Waals surface area contributed by atoms with Gasteiger partial charge in [-0.05, 0) is 43.4 Å². The molecule has 3 amide bonds. The smallest absolute Gasteiger partial charge is 0.330 e. The van der Waals surface area contributed by atoms with Gasteiger partial charge in [-0.2, -0.15) is 9.97 Å². The lowest BCUT2D eigenvalue weighted by molar-refractivity contribution is -0.144. The molecule has 4 atom stereocenters. The summed E-state index contributed by atoms with van der Waals surface area (Å²) < 4.78 is 17.0.